The molecule has 0 aliphatic carbocycles. The van der Waals surface area contributed by atoms with E-state index in [4.69, 9.17) is 28.5 Å². The lowest BCUT2D eigenvalue weighted by Crippen LogP contribution is -2.54. The molecule has 12 heteroatoms. The number of pyridine rings is 1. The van der Waals surface area contributed by atoms with Crippen LogP contribution in [-0.2, 0) is 11.3 Å². The van der Waals surface area contributed by atoms with Gasteiger partial charge in [-0.1, -0.05) is 41.0 Å². The Morgan fingerprint density at radius 1 is 1.18 bits per heavy atom. The first-order valence-corrected chi connectivity index (χ1v) is 14.1. The van der Waals surface area contributed by atoms with Crippen LogP contribution < -0.4 is 4.90 Å². The number of nitriles is 1. The molecule has 0 spiro atoms. The number of carbonyl (C=O) groups excluding carboxylic acids is 2. The van der Waals surface area contributed by atoms with Crippen molar-refractivity contribution >= 4 is 52.6 Å². The number of benzene rings is 1. The van der Waals surface area contributed by atoms with Gasteiger partial charge in [-0.05, 0) is 42.8 Å². The zero-order chi connectivity index (χ0) is 27.8. The van der Waals surface area contributed by atoms with Crippen LogP contribution in [-0.4, -0.2) is 74.5 Å². The first-order chi connectivity index (χ1) is 18.8. The molecular weight excluding hydrogens is 557 g/mol. The monoisotopic (exact) mass is 583 g/mol. The summed E-state index contributed by atoms with van der Waals surface area (Å²) in [6.07, 6.45) is 3.61. The second kappa shape index (κ2) is 13.6. The van der Waals surface area contributed by atoms with Gasteiger partial charge in [0.05, 0.1) is 18.2 Å². The van der Waals surface area contributed by atoms with Crippen LogP contribution in [0.3, 0.4) is 0 Å². The highest BCUT2D eigenvalue weighted by Crippen LogP contribution is 2.25. The first-order valence-electron chi connectivity index (χ1n) is 12.4. The SMILES string of the molecule is CC1CN(c2cc(Cl)nc(SCC(=O)N(CCC#N)Cc3cccnc3)n2)CCN1C(=O)c1ccc(Cl)cc1. The summed E-state index contributed by atoms with van der Waals surface area (Å²) in [5.74, 6) is 0.575. The minimum atomic E-state index is -0.132. The molecule has 1 aromatic carbocycles. The fraction of sp³-hybridized carbons (Fsp3) is 0.333. The van der Waals surface area contributed by atoms with Crippen molar-refractivity contribution < 1.29 is 9.59 Å². The second-order valence-electron chi connectivity index (χ2n) is 9.01. The maximum absolute atomic E-state index is 13.0. The number of nitrogens with zero attached hydrogens (tertiary/aromatic N) is 7. The molecule has 1 fully saturated rings. The van der Waals surface area contributed by atoms with Gasteiger partial charge in [-0.3, -0.25) is 14.6 Å². The van der Waals surface area contributed by atoms with Gasteiger partial charge in [-0.15, -0.1) is 0 Å². The van der Waals surface area contributed by atoms with E-state index in [1.807, 2.05) is 24.0 Å². The van der Waals surface area contributed by atoms with Crippen molar-refractivity contribution in [1.29, 1.82) is 5.26 Å². The number of hydrogen-bond donors (Lipinski definition) is 0. The molecule has 3 heterocycles. The molecule has 3 aromatic rings. The smallest absolute Gasteiger partial charge is 0.254 e. The Bertz CT molecular complexity index is 1340. The molecule has 4 rings (SSSR count). The van der Waals surface area contributed by atoms with E-state index in [2.05, 4.69) is 25.9 Å². The Kier molecular flexibility index (Phi) is 9.98. The highest BCUT2D eigenvalue weighted by molar-refractivity contribution is 7.99. The van der Waals surface area contributed by atoms with Gasteiger partial charge in [0.15, 0.2) is 5.16 Å². The van der Waals surface area contributed by atoms with Crippen molar-refractivity contribution in [2.24, 2.45) is 0 Å². The van der Waals surface area contributed by atoms with E-state index in [1.54, 1.807) is 47.6 Å². The number of anilines is 1. The zero-order valence-corrected chi connectivity index (χ0v) is 23.7. The van der Waals surface area contributed by atoms with E-state index >= 15 is 0 Å². The fourth-order valence-electron chi connectivity index (χ4n) is 4.24. The lowest BCUT2D eigenvalue weighted by molar-refractivity contribution is -0.128. The van der Waals surface area contributed by atoms with Gasteiger partial charge in [0.1, 0.15) is 11.0 Å². The van der Waals surface area contributed by atoms with Crippen LogP contribution >= 0.6 is 35.0 Å². The predicted octanol–water partition coefficient (Wildman–Crippen LogP) is 4.56. The zero-order valence-electron chi connectivity index (χ0n) is 21.3. The summed E-state index contributed by atoms with van der Waals surface area (Å²) in [5, 5.41) is 10.3. The van der Waals surface area contributed by atoms with E-state index in [1.165, 1.54) is 11.8 Å². The molecule has 2 aromatic heterocycles. The summed E-state index contributed by atoms with van der Waals surface area (Å²) in [5.41, 5.74) is 1.48. The molecule has 2 amide bonds. The molecule has 0 N–H and O–H groups in total. The molecule has 9 nitrogen and oxygen atoms in total. The number of thioether (sulfide) groups is 1. The molecule has 1 aliphatic heterocycles. The van der Waals surface area contributed by atoms with Gasteiger partial charge in [0.2, 0.25) is 5.91 Å². The van der Waals surface area contributed by atoms with Gasteiger partial charge in [0.25, 0.3) is 5.91 Å². The number of piperazine rings is 1. The van der Waals surface area contributed by atoms with Crippen LogP contribution in [0.5, 0.6) is 0 Å². The van der Waals surface area contributed by atoms with Gasteiger partial charge >= 0.3 is 0 Å². The molecule has 0 saturated carbocycles. The third-order valence-electron chi connectivity index (χ3n) is 6.23. The second-order valence-corrected chi connectivity index (χ2v) is 10.8. The highest BCUT2D eigenvalue weighted by atomic mass is 35.5. The number of amides is 2. The van der Waals surface area contributed by atoms with E-state index in [-0.39, 0.29) is 35.2 Å². The highest BCUT2D eigenvalue weighted by Gasteiger charge is 2.29. The van der Waals surface area contributed by atoms with E-state index in [0.29, 0.717) is 54.3 Å². The fourth-order valence-corrected chi connectivity index (χ4v) is 5.35. The molecular formula is C27H27Cl2N7O2S. The largest absolute Gasteiger partial charge is 0.353 e. The Hall–Kier alpha value is -3.39. The summed E-state index contributed by atoms with van der Waals surface area (Å²) in [6, 6.07) is 14.3. The summed E-state index contributed by atoms with van der Waals surface area (Å²) < 4.78 is 0. The maximum Gasteiger partial charge on any atom is 0.254 e. The average Bonchev–Trinajstić information content (AvgIpc) is 2.94. The molecule has 1 aliphatic rings. The van der Waals surface area contributed by atoms with Gasteiger partial charge < -0.3 is 14.7 Å². The molecule has 1 saturated heterocycles. The molecule has 1 atom stereocenters. The maximum atomic E-state index is 13.0. The van der Waals surface area contributed by atoms with Gasteiger partial charge in [-0.2, -0.15) is 5.26 Å². The summed E-state index contributed by atoms with van der Waals surface area (Å²) in [4.78, 5) is 44.6. The third-order valence-corrected chi connectivity index (χ3v) is 7.51. The van der Waals surface area contributed by atoms with Crippen molar-refractivity contribution in [2.45, 2.75) is 31.1 Å². The van der Waals surface area contributed by atoms with Crippen LogP contribution in [0, 0.1) is 11.3 Å². The lowest BCUT2D eigenvalue weighted by atomic mass is 10.1. The van der Waals surface area contributed by atoms with Crippen LogP contribution in [0.25, 0.3) is 0 Å². The number of carbonyl (C=O) groups is 2. The van der Waals surface area contributed by atoms with Crippen molar-refractivity contribution in [3.63, 3.8) is 0 Å². The number of hydrogen-bond acceptors (Lipinski definition) is 8. The summed E-state index contributed by atoms with van der Waals surface area (Å²) >= 11 is 13.5. The summed E-state index contributed by atoms with van der Waals surface area (Å²) in [6.45, 7) is 4.36. The molecule has 39 heavy (non-hydrogen) atoms. The predicted molar refractivity (Wildman–Crippen MR) is 152 cm³/mol. The molecule has 1 unspecified atom stereocenters. The Labute approximate surface area is 241 Å². The van der Waals surface area contributed by atoms with Crippen molar-refractivity contribution in [3.8, 4) is 6.07 Å². The van der Waals surface area contributed by atoms with Crippen molar-refractivity contribution in [1.82, 2.24) is 24.8 Å². The third kappa shape index (κ3) is 7.82. The minimum absolute atomic E-state index is 0.0403. The lowest BCUT2D eigenvalue weighted by Gasteiger charge is -2.40. The van der Waals surface area contributed by atoms with Crippen LogP contribution in [0.2, 0.25) is 10.2 Å². The van der Waals surface area contributed by atoms with E-state index in [0.717, 1.165) is 5.56 Å². The first kappa shape index (κ1) is 28.6. The van der Waals surface area contributed by atoms with Crippen molar-refractivity contribution in [2.75, 3.05) is 36.8 Å². The van der Waals surface area contributed by atoms with Crippen molar-refractivity contribution in [3.05, 3.63) is 76.2 Å². The average molecular weight is 585 g/mol. The Morgan fingerprint density at radius 2 is 1.97 bits per heavy atom. The standard InChI is InChI=1S/C27H27Cl2N7O2S/c1-19-16-34(12-13-36(19)26(38)21-5-7-22(28)8-6-21)24-14-23(29)32-27(33-24)39-18-25(37)35(11-3-9-30)17-20-4-2-10-31-15-20/h2,4-8,10,14-15,19H,3,11-13,16-18H2,1H3. The topological polar surface area (TPSA) is 106 Å². The number of aromatic nitrogens is 3. The van der Waals surface area contributed by atoms with Gasteiger partial charge in [0, 0.05) is 67.8 Å². The Morgan fingerprint density at radius 3 is 2.67 bits per heavy atom. The van der Waals surface area contributed by atoms with Crippen LogP contribution in [0.1, 0.15) is 29.3 Å². The van der Waals surface area contributed by atoms with Crippen LogP contribution in [0.4, 0.5) is 5.82 Å². The van der Waals surface area contributed by atoms with E-state index < -0.39 is 0 Å². The Balaban J connectivity index is 1.39. The quantitative estimate of drug-likeness (QED) is 0.205. The minimum Gasteiger partial charge on any atom is -0.353 e. The normalized spacial score (nSPS) is 15.1. The van der Waals surface area contributed by atoms with Gasteiger partial charge in [-0.25, -0.2) is 9.97 Å². The molecule has 202 valence electrons. The summed E-state index contributed by atoms with van der Waals surface area (Å²) in [7, 11) is 0. The van der Waals surface area contributed by atoms with E-state index in [9.17, 15) is 9.59 Å². The number of rotatable bonds is 9. The van der Waals surface area contributed by atoms with Crippen LogP contribution in [0.15, 0.2) is 60.0 Å². The number of halogens is 2. The molecule has 0 radical (unpaired) electrons. The molecule has 0 bridgehead atoms.